The summed E-state index contributed by atoms with van der Waals surface area (Å²) in [5.41, 5.74) is 2.97. The molecule has 0 aliphatic carbocycles. The minimum absolute atomic E-state index is 0.00653. The first-order chi connectivity index (χ1) is 12.5. The fourth-order valence-electron chi connectivity index (χ4n) is 2.75. The summed E-state index contributed by atoms with van der Waals surface area (Å²) in [6.07, 6.45) is 1.06. The van der Waals surface area contributed by atoms with Gasteiger partial charge in [-0.15, -0.1) is 0 Å². The molecule has 0 fully saturated rings. The van der Waals surface area contributed by atoms with Crippen LogP contribution in [0.5, 0.6) is 5.75 Å². The Balaban J connectivity index is 1.42. The number of benzene rings is 2. The van der Waals surface area contributed by atoms with Gasteiger partial charge in [0.2, 0.25) is 5.91 Å². The number of ether oxygens (including phenoxy) is 1. The average molecular weight is 372 g/mol. The van der Waals surface area contributed by atoms with Crippen LogP contribution in [0.25, 0.3) is 11.0 Å². The number of imidazole rings is 1. The molecule has 1 amide bonds. The molecule has 5 nitrogen and oxygen atoms in total. The van der Waals surface area contributed by atoms with Gasteiger partial charge in [-0.3, -0.25) is 4.79 Å². The maximum atomic E-state index is 12.0. The zero-order chi connectivity index (χ0) is 18.5. The van der Waals surface area contributed by atoms with Gasteiger partial charge in [0.1, 0.15) is 11.6 Å². The van der Waals surface area contributed by atoms with E-state index in [0.29, 0.717) is 26.0 Å². The molecule has 3 aromatic rings. The third-order valence-corrected chi connectivity index (χ3v) is 4.69. The van der Waals surface area contributed by atoms with E-state index in [1.165, 1.54) is 0 Å². The molecule has 0 aliphatic rings. The van der Waals surface area contributed by atoms with Crippen LogP contribution < -0.4 is 10.1 Å². The summed E-state index contributed by atoms with van der Waals surface area (Å²) in [5, 5.41) is 3.64. The number of amides is 1. The van der Waals surface area contributed by atoms with E-state index in [1.54, 1.807) is 0 Å². The minimum Gasteiger partial charge on any atom is -0.494 e. The number of para-hydroxylation sites is 2. The lowest BCUT2D eigenvalue weighted by molar-refractivity contribution is -0.121. The van der Waals surface area contributed by atoms with Crippen LogP contribution in [0, 0.1) is 6.92 Å². The van der Waals surface area contributed by atoms with Crippen molar-refractivity contribution in [3.8, 4) is 5.75 Å². The second-order valence-electron chi connectivity index (χ2n) is 6.22. The number of halogens is 1. The largest absolute Gasteiger partial charge is 0.494 e. The predicted molar refractivity (Wildman–Crippen MR) is 103 cm³/mol. The normalized spacial score (nSPS) is 10.9. The molecule has 0 bridgehead atoms. The molecule has 3 rings (SSSR count). The zero-order valence-corrected chi connectivity index (χ0v) is 15.7. The van der Waals surface area contributed by atoms with Gasteiger partial charge < -0.3 is 14.6 Å². The molecule has 1 N–H and O–H groups in total. The molecular formula is C20H22ClN3O2. The number of hydrogen-bond acceptors (Lipinski definition) is 3. The van der Waals surface area contributed by atoms with Crippen LogP contribution in [-0.2, 0) is 18.4 Å². The fraction of sp³-hybridized carbons (Fsp3) is 0.300. The molecule has 0 aliphatic heterocycles. The Hall–Kier alpha value is -2.53. The number of rotatable bonds is 7. The molecule has 6 heteroatoms. The van der Waals surface area contributed by atoms with Gasteiger partial charge >= 0.3 is 0 Å². The van der Waals surface area contributed by atoms with Gasteiger partial charge in [-0.05, 0) is 49.2 Å². The highest BCUT2D eigenvalue weighted by molar-refractivity contribution is 6.31. The third kappa shape index (κ3) is 4.35. The van der Waals surface area contributed by atoms with Crippen molar-refractivity contribution in [1.29, 1.82) is 0 Å². The molecule has 26 heavy (non-hydrogen) atoms. The number of nitrogens with zero attached hydrogens (tertiary/aromatic N) is 2. The molecule has 0 unspecified atom stereocenters. The van der Waals surface area contributed by atoms with Gasteiger partial charge in [0.05, 0.1) is 24.2 Å². The Kier molecular flexibility index (Phi) is 5.78. The Morgan fingerprint density at radius 3 is 2.85 bits per heavy atom. The lowest BCUT2D eigenvalue weighted by Crippen LogP contribution is -2.24. The standard InChI is InChI=1S/C20H22ClN3O2/c1-14-12-15(9-10-16(14)21)26-11-5-8-20(25)22-13-19-23-17-6-3-4-7-18(17)24(19)2/h3-4,6-7,9-10,12H,5,8,11,13H2,1-2H3,(H,22,25). The number of aryl methyl sites for hydroxylation is 2. The maximum absolute atomic E-state index is 12.0. The number of nitrogens with one attached hydrogen (secondary N) is 1. The first-order valence-electron chi connectivity index (χ1n) is 8.60. The molecule has 1 aromatic heterocycles. The molecular weight excluding hydrogens is 350 g/mol. The van der Waals surface area contributed by atoms with E-state index >= 15 is 0 Å². The van der Waals surface area contributed by atoms with E-state index in [2.05, 4.69) is 10.3 Å². The summed E-state index contributed by atoms with van der Waals surface area (Å²) in [5.74, 6) is 1.60. The molecule has 0 saturated heterocycles. The highest BCUT2D eigenvalue weighted by Crippen LogP contribution is 2.21. The van der Waals surface area contributed by atoms with E-state index in [1.807, 2.05) is 61.0 Å². The van der Waals surface area contributed by atoms with Crippen molar-refractivity contribution in [3.63, 3.8) is 0 Å². The average Bonchev–Trinajstić information content (AvgIpc) is 2.96. The molecule has 136 valence electrons. The molecule has 0 atom stereocenters. The highest BCUT2D eigenvalue weighted by Gasteiger charge is 2.08. The van der Waals surface area contributed by atoms with E-state index in [9.17, 15) is 4.79 Å². The number of fused-ring (bicyclic) bond motifs is 1. The lowest BCUT2D eigenvalue weighted by Gasteiger charge is -2.08. The van der Waals surface area contributed by atoms with Crippen molar-refractivity contribution in [2.45, 2.75) is 26.3 Å². The van der Waals surface area contributed by atoms with Gasteiger partial charge in [-0.25, -0.2) is 4.98 Å². The van der Waals surface area contributed by atoms with Crippen LogP contribution in [-0.4, -0.2) is 22.1 Å². The van der Waals surface area contributed by atoms with E-state index < -0.39 is 0 Å². The molecule has 1 heterocycles. The first-order valence-corrected chi connectivity index (χ1v) is 8.98. The Labute approximate surface area is 157 Å². The van der Waals surface area contributed by atoms with Crippen LogP contribution in [0.3, 0.4) is 0 Å². The number of hydrogen-bond donors (Lipinski definition) is 1. The molecule has 0 saturated carbocycles. The zero-order valence-electron chi connectivity index (χ0n) is 15.0. The summed E-state index contributed by atoms with van der Waals surface area (Å²) in [7, 11) is 1.96. The maximum Gasteiger partial charge on any atom is 0.220 e. The van der Waals surface area contributed by atoms with E-state index in [0.717, 1.165) is 33.2 Å². The van der Waals surface area contributed by atoms with Crippen molar-refractivity contribution in [2.75, 3.05) is 6.61 Å². The molecule has 2 aromatic carbocycles. The van der Waals surface area contributed by atoms with Gasteiger partial charge in [0, 0.05) is 18.5 Å². The summed E-state index contributed by atoms with van der Waals surface area (Å²) in [6.45, 7) is 2.84. The van der Waals surface area contributed by atoms with Crippen LogP contribution >= 0.6 is 11.6 Å². The first kappa shape index (κ1) is 18.3. The fourth-order valence-corrected chi connectivity index (χ4v) is 2.87. The summed E-state index contributed by atoms with van der Waals surface area (Å²) in [6, 6.07) is 13.5. The van der Waals surface area contributed by atoms with E-state index in [-0.39, 0.29) is 5.91 Å². The topological polar surface area (TPSA) is 56.1 Å². The van der Waals surface area contributed by atoms with Gasteiger partial charge in [0.15, 0.2) is 0 Å². The summed E-state index contributed by atoms with van der Waals surface area (Å²) >= 11 is 5.99. The van der Waals surface area contributed by atoms with Crippen molar-refractivity contribution < 1.29 is 9.53 Å². The number of carbonyl (C=O) groups excluding carboxylic acids is 1. The second kappa shape index (κ2) is 8.23. The van der Waals surface area contributed by atoms with Crippen molar-refractivity contribution in [3.05, 3.63) is 58.9 Å². The minimum atomic E-state index is -0.00653. The second-order valence-corrected chi connectivity index (χ2v) is 6.62. The van der Waals surface area contributed by atoms with Crippen molar-refractivity contribution in [1.82, 2.24) is 14.9 Å². The van der Waals surface area contributed by atoms with Crippen LogP contribution in [0.2, 0.25) is 5.02 Å². The summed E-state index contributed by atoms with van der Waals surface area (Å²) < 4.78 is 7.66. The third-order valence-electron chi connectivity index (χ3n) is 4.27. The van der Waals surface area contributed by atoms with Gasteiger partial charge in [-0.1, -0.05) is 23.7 Å². The van der Waals surface area contributed by atoms with Crippen molar-refractivity contribution >= 4 is 28.5 Å². The van der Waals surface area contributed by atoms with Gasteiger partial charge in [-0.2, -0.15) is 0 Å². The van der Waals surface area contributed by atoms with Crippen LogP contribution in [0.4, 0.5) is 0 Å². The van der Waals surface area contributed by atoms with Gasteiger partial charge in [0.25, 0.3) is 0 Å². The van der Waals surface area contributed by atoms with E-state index in [4.69, 9.17) is 16.3 Å². The molecule has 0 radical (unpaired) electrons. The monoisotopic (exact) mass is 371 g/mol. The quantitative estimate of drug-likeness (QED) is 0.638. The number of aromatic nitrogens is 2. The predicted octanol–water partition coefficient (Wildman–Crippen LogP) is 4.01. The molecule has 0 spiro atoms. The SMILES string of the molecule is Cc1cc(OCCCC(=O)NCc2nc3ccccc3n2C)ccc1Cl. The van der Waals surface area contributed by atoms with Crippen LogP contribution in [0.1, 0.15) is 24.2 Å². The summed E-state index contributed by atoms with van der Waals surface area (Å²) in [4.78, 5) is 16.6. The van der Waals surface area contributed by atoms with Crippen LogP contribution in [0.15, 0.2) is 42.5 Å². The highest BCUT2D eigenvalue weighted by atomic mass is 35.5. The Bertz CT molecular complexity index is 921. The lowest BCUT2D eigenvalue weighted by atomic mass is 10.2. The number of carbonyl (C=O) groups is 1. The Morgan fingerprint density at radius 2 is 2.08 bits per heavy atom. The smallest absolute Gasteiger partial charge is 0.220 e. The Morgan fingerprint density at radius 1 is 1.27 bits per heavy atom. The van der Waals surface area contributed by atoms with Crippen molar-refractivity contribution in [2.24, 2.45) is 7.05 Å².